The smallest absolute Gasteiger partial charge is 0.188 e. The third-order valence-electron chi connectivity index (χ3n) is 1.10. The molecule has 0 aromatic rings. The van der Waals surface area contributed by atoms with Gasteiger partial charge in [0.05, 0.1) is 5.88 Å². The van der Waals surface area contributed by atoms with Gasteiger partial charge in [-0.25, -0.2) is 0 Å². The van der Waals surface area contributed by atoms with Gasteiger partial charge in [-0.1, -0.05) is 6.92 Å². The molecule has 0 fully saturated rings. The van der Waals surface area contributed by atoms with Crippen LogP contribution in [-0.2, 0) is 0 Å². The van der Waals surface area contributed by atoms with Crippen LogP contribution in [-0.4, -0.2) is 20.3 Å². The topological polar surface area (TPSA) is 40.5 Å². The van der Waals surface area contributed by atoms with Crippen LogP contribution in [0, 0.1) is 0 Å². The van der Waals surface area contributed by atoms with Crippen LogP contribution in [0.15, 0.2) is 0 Å². The minimum Gasteiger partial charge on any atom is -0.349 e. The summed E-state index contributed by atoms with van der Waals surface area (Å²) in [6.07, 6.45) is 0.469. The molecule has 0 saturated carbocycles. The molecule has 0 aliphatic heterocycles. The molecule has 0 aromatic heterocycles. The van der Waals surface area contributed by atoms with Crippen LogP contribution in [0.5, 0.6) is 0 Å². The molecule has 0 saturated heterocycles. The Bertz CT molecular complexity index is 84.6. The van der Waals surface area contributed by atoms with Crippen LogP contribution in [0.2, 0.25) is 0 Å². The molecule has 9 heavy (non-hydrogen) atoms. The van der Waals surface area contributed by atoms with Crippen LogP contribution >= 0.6 is 31.6 Å². The molecule has 1 unspecified atom stereocenters. The molecule has 0 radical (unpaired) electrons. The van der Waals surface area contributed by atoms with Gasteiger partial charge in [0.25, 0.3) is 0 Å². The zero-order valence-corrected chi connectivity index (χ0v) is 7.42. The van der Waals surface area contributed by atoms with E-state index in [1.165, 1.54) is 0 Å². The maximum atomic E-state index is 8.68. The van der Waals surface area contributed by atoms with Crippen molar-refractivity contribution in [1.82, 2.24) is 0 Å². The molecule has 2 nitrogen and oxygen atoms in total. The van der Waals surface area contributed by atoms with E-state index >= 15 is 0 Å². The fourth-order valence-electron chi connectivity index (χ4n) is 0.289. The van der Waals surface area contributed by atoms with Crippen molar-refractivity contribution in [3.8, 4) is 0 Å². The number of hydrogen-bond acceptors (Lipinski definition) is 2. The van der Waals surface area contributed by atoms with E-state index in [1.54, 1.807) is 6.92 Å². The van der Waals surface area contributed by atoms with Crippen molar-refractivity contribution in [2.75, 3.05) is 5.88 Å². The molecule has 5 heteroatoms. The van der Waals surface area contributed by atoms with Gasteiger partial charge in [0, 0.05) is 0 Å². The second-order valence-electron chi connectivity index (χ2n) is 1.69. The Morgan fingerprint density at radius 2 is 2.00 bits per heavy atom. The largest absolute Gasteiger partial charge is 0.349 e. The van der Waals surface area contributed by atoms with Crippen LogP contribution in [0.4, 0.5) is 0 Å². The molecule has 1 atom stereocenters. The quantitative estimate of drug-likeness (QED) is 0.527. The summed E-state index contributed by atoms with van der Waals surface area (Å²) >= 11 is 11.0. The van der Waals surface area contributed by atoms with Crippen molar-refractivity contribution >= 4 is 31.6 Å². The van der Waals surface area contributed by atoms with E-state index in [0.717, 1.165) is 0 Å². The average Bonchev–Trinajstić information content (AvgIpc) is 1.86. The molecule has 2 N–H and O–H groups in total. The third-order valence-corrected chi connectivity index (χ3v) is 3.93. The van der Waals surface area contributed by atoms with Crippen LogP contribution in [0.1, 0.15) is 13.3 Å². The second kappa shape index (κ2) is 3.95. The molecule has 0 bridgehead atoms. The van der Waals surface area contributed by atoms with E-state index in [1.807, 2.05) is 0 Å². The summed E-state index contributed by atoms with van der Waals surface area (Å²) in [5.41, 5.74) is 0. The summed E-state index contributed by atoms with van der Waals surface area (Å²) < 4.78 is -1.00. The Labute approximate surface area is 65.7 Å². The second-order valence-corrected chi connectivity index (χ2v) is 4.38. The molecule has 0 aliphatic carbocycles. The fourth-order valence-corrected chi connectivity index (χ4v) is 1.19. The SMILES string of the molecule is CCC(Cl)(CCl)P(O)O. The van der Waals surface area contributed by atoms with E-state index in [4.69, 9.17) is 33.0 Å². The van der Waals surface area contributed by atoms with Crippen molar-refractivity contribution in [2.24, 2.45) is 0 Å². The first-order valence-corrected chi connectivity index (χ1v) is 4.65. The number of hydrogen-bond donors (Lipinski definition) is 2. The minimum atomic E-state index is -2.11. The summed E-state index contributed by atoms with van der Waals surface area (Å²) in [7, 11) is -2.11. The van der Waals surface area contributed by atoms with Crippen molar-refractivity contribution in [3.63, 3.8) is 0 Å². The highest BCUT2D eigenvalue weighted by Crippen LogP contribution is 2.48. The lowest BCUT2D eigenvalue weighted by atomic mass is 10.4. The molecule has 0 heterocycles. The maximum absolute atomic E-state index is 8.68. The lowest BCUT2D eigenvalue weighted by Crippen LogP contribution is -2.19. The predicted molar refractivity (Wildman–Crippen MR) is 41.0 cm³/mol. The number of alkyl halides is 2. The highest BCUT2D eigenvalue weighted by molar-refractivity contribution is 7.49. The lowest BCUT2D eigenvalue weighted by molar-refractivity contribution is 0.457. The summed E-state index contributed by atoms with van der Waals surface area (Å²) in [5, 5.41) is 0. The van der Waals surface area contributed by atoms with E-state index < -0.39 is 13.0 Å². The van der Waals surface area contributed by atoms with Crippen LogP contribution in [0.3, 0.4) is 0 Å². The molecular weight excluding hydrogens is 182 g/mol. The van der Waals surface area contributed by atoms with Gasteiger partial charge in [-0.05, 0) is 6.42 Å². The van der Waals surface area contributed by atoms with Crippen molar-refractivity contribution in [3.05, 3.63) is 0 Å². The van der Waals surface area contributed by atoms with Crippen molar-refractivity contribution < 1.29 is 9.79 Å². The Balaban J connectivity index is 3.92. The van der Waals surface area contributed by atoms with Crippen molar-refractivity contribution in [2.45, 2.75) is 18.0 Å². The van der Waals surface area contributed by atoms with Gasteiger partial charge in [-0.2, -0.15) is 0 Å². The monoisotopic (exact) mass is 190 g/mol. The van der Waals surface area contributed by atoms with Gasteiger partial charge in [0.15, 0.2) is 8.38 Å². The zero-order valence-electron chi connectivity index (χ0n) is 5.01. The maximum Gasteiger partial charge on any atom is 0.188 e. The van der Waals surface area contributed by atoms with Crippen LogP contribution in [0.25, 0.3) is 0 Å². The number of rotatable bonds is 3. The standard InChI is InChI=1S/C4H9Cl2O2P/c1-2-4(6,3-5)9(7)8/h7-8H,2-3H2,1H3. The first-order valence-electron chi connectivity index (χ1n) is 2.49. The highest BCUT2D eigenvalue weighted by atomic mass is 35.5. The molecule has 0 rings (SSSR count). The Kier molecular flexibility index (Phi) is 4.35. The zero-order chi connectivity index (χ0) is 7.49. The summed E-state index contributed by atoms with van der Waals surface area (Å²) in [6, 6.07) is 0. The molecule has 0 aromatic carbocycles. The van der Waals surface area contributed by atoms with Gasteiger partial charge in [-0.15, -0.1) is 23.2 Å². The fraction of sp³-hybridized carbons (Fsp3) is 1.00. The third kappa shape index (κ3) is 2.57. The Morgan fingerprint density at radius 3 is 2.00 bits per heavy atom. The summed E-state index contributed by atoms with van der Waals surface area (Å²) in [5.74, 6) is 0.0732. The van der Waals surface area contributed by atoms with Gasteiger partial charge in [0.2, 0.25) is 0 Å². The van der Waals surface area contributed by atoms with Gasteiger partial charge in [-0.3, -0.25) is 0 Å². The van der Waals surface area contributed by atoms with E-state index in [0.29, 0.717) is 6.42 Å². The van der Waals surface area contributed by atoms with Crippen molar-refractivity contribution in [1.29, 1.82) is 0 Å². The molecule has 0 aliphatic rings. The molecular formula is C4H9Cl2O2P. The van der Waals surface area contributed by atoms with Gasteiger partial charge < -0.3 is 9.79 Å². The summed E-state index contributed by atoms with van der Waals surface area (Å²) in [6.45, 7) is 1.76. The summed E-state index contributed by atoms with van der Waals surface area (Å²) in [4.78, 5) is 17.4. The first kappa shape index (κ1) is 9.93. The normalized spacial score (nSPS) is 18.0. The van der Waals surface area contributed by atoms with Gasteiger partial charge in [0.1, 0.15) is 4.62 Å². The molecule has 0 spiro atoms. The number of halogens is 2. The lowest BCUT2D eigenvalue weighted by Gasteiger charge is -2.22. The molecule has 56 valence electrons. The highest BCUT2D eigenvalue weighted by Gasteiger charge is 2.32. The van der Waals surface area contributed by atoms with E-state index in [-0.39, 0.29) is 5.88 Å². The predicted octanol–water partition coefficient (Wildman–Crippen LogP) is 1.87. The molecule has 0 amide bonds. The Hall–Kier alpha value is 0.930. The van der Waals surface area contributed by atoms with Crippen LogP contribution < -0.4 is 0 Å². The van der Waals surface area contributed by atoms with E-state index in [2.05, 4.69) is 0 Å². The average molecular weight is 191 g/mol. The Morgan fingerprint density at radius 1 is 1.56 bits per heavy atom. The van der Waals surface area contributed by atoms with Gasteiger partial charge >= 0.3 is 0 Å². The van der Waals surface area contributed by atoms with E-state index in [9.17, 15) is 0 Å². The first-order chi connectivity index (χ1) is 4.06. The minimum absolute atomic E-state index is 0.0732.